The van der Waals surface area contributed by atoms with Crippen LogP contribution in [0.15, 0.2) is 27.9 Å². The van der Waals surface area contributed by atoms with Crippen molar-refractivity contribution in [3.05, 3.63) is 55.0 Å². The highest BCUT2D eigenvalue weighted by molar-refractivity contribution is 5.86. The molecule has 0 amide bonds. The number of nitro benzene ring substituents is 1. The Kier molecular flexibility index (Phi) is 2.68. The Morgan fingerprint density at radius 3 is 2.24 bits per heavy atom. The largest absolute Gasteiger partial charge is 0.342 e. The first-order valence-electron chi connectivity index (χ1n) is 5.92. The summed E-state index contributed by atoms with van der Waals surface area (Å²) in [6.07, 6.45) is 1.47. The molecule has 2 aromatic heterocycles. The van der Waals surface area contributed by atoms with Crippen molar-refractivity contribution in [3.8, 4) is 11.3 Å². The first-order chi connectivity index (χ1) is 9.95. The average molecular weight is 287 g/mol. The van der Waals surface area contributed by atoms with Gasteiger partial charge in [0.1, 0.15) is 5.82 Å². The van der Waals surface area contributed by atoms with Gasteiger partial charge in [0.15, 0.2) is 0 Å². The fourth-order valence-electron chi connectivity index (χ4n) is 2.08. The molecule has 0 radical (unpaired) electrons. The Bertz CT molecular complexity index is 981. The SMILES string of the molecule is Cc1ncc(-c2cc3[nH]c(=O)c(=O)[nH]c3cc2[N+](=O)[O-])[nH]1. The monoisotopic (exact) mass is 287 g/mol. The van der Waals surface area contributed by atoms with Crippen LogP contribution in [0.1, 0.15) is 5.82 Å². The van der Waals surface area contributed by atoms with E-state index in [0.29, 0.717) is 17.0 Å². The van der Waals surface area contributed by atoms with Gasteiger partial charge in [-0.25, -0.2) is 4.98 Å². The summed E-state index contributed by atoms with van der Waals surface area (Å²) >= 11 is 0. The maximum Gasteiger partial charge on any atom is 0.314 e. The molecular weight excluding hydrogens is 278 g/mol. The van der Waals surface area contributed by atoms with Gasteiger partial charge in [-0.3, -0.25) is 19.7 Å². The van der Waals surface area contributed by atoms with E-state index >= 15 is 0 Å². The van der Waals surface area contributed by atoms with Crippen molar-refractivity contribution >= 4 is 16.7 Å². The zero-order valence-electron chi connectivity index (χ0n) is 10.8. The Labute approximate surface area is 115 Å². The van der Waals surface area contributed by atoms with Gasteiger partial charge in [-0.05, 0) is 13.0 Å². The molecule has 0 aliphatic carbocycles. The van der Waals surface area contributed by atoms with Gasteiger partial charge in [-0.15, -0.1) is 0 Å². The third-order valence-corrected chi connectivity index (χ3v) is 3.03. The number of nitrogens with zero attached hydrogens (tertiary/aromatic N) is 2. The van der Waals surface area contributed by atoms with E-state index in [4.69, 9.17) is 0 Å². The lowest BCUT2D eigenvalue weighted by Gasteiger charge is -2.03. The standard InChI is InChI=1S/C12H9N5O4/c1-5-13-4-9(14-5)6-2-7-8(3-10(6)17(20)21)16-12(19)11(18)15-7/h2-4H,1H3,(H,13,14)(H,15,18)(H,16,19). The smallest absolute Gasteiger partial charge is 0.314 e. The average Bonchev–Trinajstić information content (AvgIpc) is 2.85. The Hall–Kier alpha value is -3.23. The summed E-state index contributed by atoms with van der Waals surface area (Å²) in [5.74, 6) is 0.606. The third-order valence-electron chi connectivity index (χ3n) is 3.03. The van der Waals surface area contributed by atoms with Crippen LogP contribution in [0, 0.1) is 17.0 Å². The van der Waals surface area contributed by atoms with E-state index in [1.165, 1.54) is 18.3 Å². The lowest BCUT2D eigenvalue weighted by atomic mass is 10.1. The highest BCUT2D eigenvalue weighted by atomic mass is 16.6. The number of benzene rings is 1. The predicted octanol–water partition coefficient (Wildman–Crippen LogP) is 0.823. The van der Waals surface area contributed by atoms with E-state index in [0.717, 1.165) is 0 Å². The van der Waals surface area contributed by atoms with Crippen molar-refractivity contribution < 1.29 is 4.92 Å². The number of rotatable bonds is 2. The van der Waals surface area contributed by atoms with Crippen LogP contribution in [0.3, 0.4) is 0 Å². The van der Waals surface area contributed by atoms with Gasteiger partial charge in [-0.2, -0.15) is 0 Å². The first kappa shape index (κ1) is 12.8. The summed E-state index contributed by atoms with van der Waals surface area (Å²) in [7, 11) is 0. The number of fused-ring (bicyclic) bond motifs is 1. The fraction of sp³-hybridized carbons (Fsp3) is 0.0833. The molecule has 21 heavy (non-hydrogen) atoms. The van der Waals surface area contributed by atoms with E-state index in [2.05, 4.69) is 19.9 Å². The molecule has 2 heterocycles. The van der Waals surface area contributed by atoms with Crippen molar-refractivity contribution in [2.45, 2.75) is 6.92 Å². The minimum atomic E-state index is -0.859. The molecule has 1 aromatic carbocycles. The molecule has 0 aliphatic heterocycles. The molecule has 0 fully saturated rings. The Balaban J connectivity index is 2.39. The van der Waals surface area contributed by atoms with Crippen LogP contribution in [0.2, 0.25) is 0 Å². The van der Waals surface area contributed by atoms with Gasteiger partial charge in [0.2, 0.25) is 0 Å². The van der Waals surface area contributed by atoms with Crippen LogP contribution >= 0.6 is 0 Å². The molecule has 0 bridgehead atoms. The summed E-state index contributed by atoms with van der Waals surface area (Å²) in [5, 5.41) is 11.2. The summed E-state index contributed by atoms with van der Waals surface area (Å²) < 4.78 is 0. The minimum Gasteiger partial charge on any atom is -0.342 e. The van der Waals surface area contributed by atoms with Crippen LogP contribution in [-0.2, 0) is 0 Å². The number of hydrogen-bond donors (Lipinski definition) is 3. The first-order valence-corrected chi connectivity index (χ1v) is 5.92. The lowest BCUT2D eigenvalue weighted by molar-refractivity contribution is -0.384. The molecule has 3 N–H and O–H groups in total. The summed E-state index contributed by atoms with van der Waals surface area (Å²) in [6.45, 7) is 1.72. The highest BCUT2D eigenvalue weighted by Crippen LogP contribution is 2.31. The number of aromatic amines is 3. The highest BCUT2D eigenvalue weighted by Gasteiger charge is 2.19. The van der Waals surface area contributed by atoms with Crippen LogP contribution in [0.25, 0.3) is 22.3 Å². The quantitative estimate of drug-likeness (QED) is 0.364. The molecule has 9 heteroatoms. The second kappa shape index (κ2) is 4.40. The number of aryl methyl sites for hydroxylation is 1. The van der Waals surface area contributed by atoms with Crippen LogP contribution in [0.5, 0.6) is 0 Å². The zero-order chi connectivity index (χ0) is 15.1. The van der Waals surface area contributed by atoms with Gasteiger partial charge in [0, 0.05) is 6.07 Å². The van der Waals surface area contributed by atoms with Gasteiger partial charge >= 0.3 is 11.1 Å². The molecule has 0 saturated heterocycles. The van der Waals surface area contributed by atoms with Crippen molar-refractivity contribution in [2.75, 3.05) is 0 Å². The summed E-state index contributed by atoms with van der Waals surface area (Å²) in [5.41, 5.74) is -0.665. The van der Waals surface area contributed by atoms with Crippen molar-refractivity contribution in [1.82, 2.24) is 19.9 Å². The van der Waals surface area contributed by atoms with E-state index < -0.39 is 16.0 Å². The molecule has 0 saturated carbocycles. The van der Waals surface area contributed by atoms with E-state index in [1.54, 1.807) is 6.92 Å². The molecule has 3 rings (SSSR count). The number of aromatic nitrogens is 4. The van der Waals surface area contributed by atoms with Gasteiger partial charge in [0.25, 0.3) is 5.69 Å². The van der Waals surface area contributed by atoms with E-state index in [1.807, 2.05) is 0 Å². The van der Waals surface area contributed by atoms with Crippen molar-refractivity contribution in [1.29, 1.82) is 0 Å². The molecule has 9 nitrogen and oxygen atoms in total. The maximum absolute atomic E-state index is 11.4. The Morgan fingerprint density at radius 1 is 1.10 bits per heavy atom. The maximum atomic E-state index is 11.4. The second-order valence-corrected chi connectivity index (χ2v) is 4.46. The number of nitro groups is 1. The molecule has 0 spiro atoms. The van der Waals surface area contributed by atoms with Gasteiger partial charge in [-0.1, -0.05) is 0 Å². The summed E-state index contributed by atoms with van der Waals surface area (Å²) in [4.78, 5) is 44.9. The van der Waals surface area contributed by atoms with Crippen molar-refractivity contribution in [2.24, 2.45) is 0 Å². The molecule has 0 aliphatic rings. The molecule has 106 valence electrons. The van der Waals surface area contributed by atoms with Gasteiger partial charge in [0.05, 0.1) is 33.4 Å². The molecule has 0 atom stereocenters. The van der Waals surface area contributed by atoms with Crippen LogP contribution in [-0.4, -0.2) is 24.9 Å². The topological polar surface area (TPSA) is 138 Å². The van der Waals surface area contributed by atoms with E-state index in [9.17, 15) is 19.7 Å². The van der Waals surface area contributed by atoms with Crippen molar-refractivity contribution in [3.63, 3.8) is 0 Å². The number of imidazole rings is 1. The number of H-pyrrole nitrogens is 3. The van der Waals surface area contributed by atoms with Gasteiger partial charge < -0.3 is 15.0 Å². The van der Waals surface area contributed by atoms with Crippen LogP contribution < -0.4 is 11.1 Å². The van der Waals surface area contributed by atoms with Crippen LogP contribution in [0.4, 0.5) is 5.69 Å². The second-order valence-electron chi connectivity index (χ2n) is 4.46. The third kappa shape index (κ3) is 2.10. The molecular formula is C12H9N5O4. The minimum absolute atomic E-state index is 0.186. The fourth-order valence-corrected chi connectivity index (χ4v) is 2.08. The number of hydrogen-bond acceptors (Lipinski definition) is 5. The molecule has 0 unspecified atom stereocenters. The summed E-state index contributed by atoms with van der Waals surface area (Å²) in [6, 6.07) is 2.63. The normalized spacial score (nSPS) is 10.9. The zero-order valence-corrected chi connectivity index (χ0v) is 10.8. The Morgan fingerprint density at radius 2 is 1.71 bits per heavy atom. The number of nitrogens with one attached hydrogen (secondary N) is 3. The predicted molar refractivity (Wildman–Crippen MR) is 74.2 cm³/mol. The molecule has 3 aromatic rings. The van der Waals surface area contributed by atoms with E-state index in [-0.39, 0.29) is 16.8 Å². The lowest BCUT2D eigenvalue weighted by Crippen LogP contribution is -2.28.